The van der Waals surface area contributed by atoms with E-state index in [9.17, 15) is 14.4 Å². The minimum absolute atomic E-state index is 0.123. The summed E-state index contributed by atoms with van der Waals surface area (Å²) in [6.45, 7) is 9.08. The van der Waals surface area contributed by atoms with Crippen LogP contribution in [0, 0.1) is 17.1 Å². The van der Waals surface area contributed by atoms with E-state index in [0.29, 0.717) is 5.75 Å². The zero-order valence-electron chi connectivity index (χ0n) is 17.3. The molecule has 1 aromatic carbocycles. The lowest BCUT2D eigenvalue weighted by atomic mass is 10.1. The van der Waals surface area contributed by atoms with E-state index in [4.69, 9.17) is 14.2 Å². The Morgan fingerprint density at radius 3 is 2.38 bits per heavy atom. The SMILES string of the molecule is CC(C)(C)OC(=O)N1[C@H](CSc2ccc(F)cc2)[C@H]2OC(C)(C)O[C@H]2[C@@H]1CC#N. The van der Waals surface area contributed by atoms with Gasteiger partial charge in [-0.2, -0.15) is 5.26 Å². The highest BCUT2D eigenvalue weighted by Gasteiger charge is 2.59. The van der Waals surface area contributed by atoms with Crippen molar-refractivity contribution in [3.63, 3.8) is 0 Å². The Kier molecular flexibility index (Phi) is 6.13. The van der Waals surface area contributed by atoms with Crippen molar-refractivity contribution in [2.24, 2.45) is 0 Å². The maximum absolute atomic E-state index is 13.2. The van der Waals surface area contributed by atoms with Crippen molar-refractivity contribution < 1.29 is 23.4 Å². The van der Waals surface area contributed by atoms with Crippen LogP contribution in [0.3, 0.4) is 0 Å². The number of carbonyl (C=O) groups excluding carboxylic acids is 1. The summed E-state index contributed by atoms with van der Waals surface area (Å²) in [5, 5.41) is 9.36. The number of halogens is 1. The average Bonchev–Trinajstić information content (AvgIpc) is 3.04. The first kappa shape index (κ1) is 21.9. The van der Waals surface area contributed by atoms with Gasteiger partial charge >= 0.3 is 6.09 Å². The number of hydrogen-bond donors (Lipinski definition) is 0. The Morgan fingerprint density at radius 2 is 1.83 bits per heavy atom. The number of likely N-dealkylation sites (tertiary alicyclic amines) is 1. The zero-order valence-corrected chi connectivity index (χ0v) is 18.2. The van der Waals surface area contributed by atoms with Crippen LogP contribution in [-0.4, -0.2) is 52.4 Å². The zero-order chi connectivity index (χ0) is 21.4. The molecule has 0 saturated carbocycles. The maximum Gasteiger partial charge on any atom is 0.411 e. The molecule has 1 amide bonds. The van der Waals surface area contributed by atoms with Crippen LogP contribution >= 0.6 is 11.8 Å². The molecule has 2 aliphatic heterocycles. The number of nitriles is 1. The fourth-order valence-corrected chi connectivity index (χ4v) is 4.80. The van der Waals surface area contributed by atoms with Gasteiger partial charge in [-0.25, -0.2) is 9.18 Å². The number of benzene rings is 1. The van der Waals surface area contributed by atoms with Crippen LogP contribution in [-0.2, 0) is 14.2 Å². The molecule has 4 atom stereocenters. The number of nitrogens with zero attached hydrogens (tertiary/aromatic N) is 2. The number of ether oxygens (including phenoxy) is 3. The largest absolute Gasteiger partial charge is 0.444 e. The highest BCUT2D eigenvalue weighted by Crippen LogP contribution is 2.43. The molecule has 6 nitrogen and oxygen atoms in total. The topological polar surface area (TPSA) is 71.8 Å². The van der Waals surface area contributed by atoms with Crippen molar-refractivity contribution in [3.8, 4) is 6.07 Å². The first-order valence-electron chi connectivity index (χ1n) is 9.63. The predicted octanol–water partition coefficient (Wildman–Crippen LogP) is 4.34. The summed E-state index contributed by atoms with van der Waals surface area (Å²) in [6.07, 6.45) is -1.14. The number of amides is 1. The van der Waals surface area contributed by atoms with Crippen molar-refractivity contribution in [1.29, 1.82) is 5.26 Å². The second-order valence-electron chi connectivity index (χ2n) is 8.71. The monoisotopic (exact) mass is 422 g/mol. The van der Waals surface area contributed by atoms with Crippen LogP contribution in [0.25, 0.3) is 0 Å². The lowest BCUT2D eigenvalue weighted by molar-refractivity contribution is -0.165. The van der Waals surface area contributed by atoms with Crippen molar-refractivity contribution in [1.82, 2.24) is 4.90 Å². The van der Waals surface area contributed by atoms with Crippen LogP contribution in [0.15, 0.2) is 29.2 Å². The van der Waals surface area contributed by atoms with Crippen molar-refractivity contribution in [3.05, 3.63) is 30.1 Å². The predicted molar refractivity (Wildman–Crippen MR) is 107 cm³/mol. The molecule has 0 aromatic heterocycles. The van der Waals surface area contributed by atoms with E-state index in [-0.39, 0.29) is 24.4 Å². The molecule has 0 N–H and O–H groups in total. The van der Waals surface area contributed by atoms with Crippen LogP contribution in [0.2, 0.25) is 0 Å². The van der Waals surface area contributed by atoms with Gasteiger partial charge in [0.05, 0.1) is 24.6 Å². The van der Waals surface area contributed by atoms with E-state index in [0.717, 1.165) is 4.90 Å². The van der Waals surface area contributed by atoms with Gasteiger partial charge in [0.2, 0.25) is 0 Å². The summed E-state index contributed by atoms with van der Waals surface area (Å²) in [6, 6.07) is 7.58. The Balaban J connectivity index is 1.87. The van der Waals surface area contributed by atoms with E-state index >= 15 is 0 Å². The lowest BCUT2D eigenvalue weighted by Crippen LogP contribution is -2.49. The number of rotatable bonds is 4. The fraction of sp³-hybridized carbons (Fsp3) is 0.619. The molecule has 2 saturated heterocycles. The number of thioether (sulfide) groups is 1. The molecule has 0 aliphatic carbocycles. The summed E-state index contributed by atoms with van der Waals surface area (Å²) in [5.74, 6) is -0.580. The van der Waals surface area contributed by atoms with Crippen molar-refractivity contribution in [2.45, 2.75) is 81.6 Å². The summed E-state index contributed by atoms with van der Waals surface area (Å²) < 4.78 is 31.0. The molecular formula is C21H27FN2O4S. The van der Waals surface area contributed by atoms with Crippen molar-refractivity contribution in [2.75, 3.05) is 5.75 Å². The van der Waals surface area contributed by atoms with E-state index < -0.39 is 29.6 Å². The molecule has 0 bridgehead atoms. The summed E-state index contributed by atoms with van der Waals surface area (Å²) in [5.41, 5.74) is -0.665. The third kappa shape index (κ3) is 5.03. The number of fused-ring (bicyclic) bond motifs is 1. The van der Waals surface area contributed by atoms with Gasteiger partial charge in [-0.1, -0.05) is 0 Å². The second kappa shape index (κ2) is 8.13. The molecule has 2 fully saturated rings. The van der Waals surface area contributed by atoms with E-state index in [2.05, 4.69) is 6.07 Å². The molecule has 29 heavy (non-hydrogen) atoms. The standard InChI is InChI=1S/C21H27FN2O4S/c1-20(2,3)28-19(25)24-15(10-11-23)17-18(27-21(4,5)26-17)16(24)12-29-14-8-6-13(22)7-9-14/h6-9,15-18H,10,12H2,1-5H3/t15-,16+,17-,18+/m0/s1. The van der Waals surface area contributed by atoms with E-state index in [1.807, 2.05) is 13.8 Å². The molecule has 3 rings (SSSR count). The molecule has 1 aromatic rings. The van der Waals surface area contributed by atoms with Gasteiger partial charge in [-0.05, 0) is 58.9 Å². The van der Waals surface area contributed by atoms with Gasteiger partial charge in [0.1, 0.15) is 23.6 Å². The Labute approximate surface area is 175 Å². The first-order chi connectivity index (χ1) is 13.5. The average molecular weight is 423 g/mol. The van der Waals surface area contributed by atoms with Crippen LogP contribution in [0.1, 0.15) is 41.0 Å². The number of hydrogen-bond acceptors (Lipinski definition) is 6. The van der Waals surface area contributed by atoms with Crippen LogP contribution in [0.4, 0.5) is 9.18 Å². The van der Waals surface area contributed by atoms with Gasteiger partial charge in [-0.3, -0.25) is 4.90 Å². The van der Waals surface area contributed by atoms with Gasteiger partial charge in [-0.15, -0.1) is 11.8 Å². The van der Waals surface area contributed by atoms with Gasteiger partial charge < -0.3 is 14.2 Å². The summed E-state index contributed by atoms with van der Waals surface area (Å²) in [7, 11) is 0. The highest BCUT2D eigenvalue weighted by molar-refractivity contribution is 7.99. The fourth-order valence-electron chi connectivity index (χ4n) is 3.76. The molecule has 2 aliphatic rings. The smallest absolute Gasteiger partial charge is 0.411 e. The molecule has 0 unspecified atom stereocenters. The van der Waals surface area contributed by atoms with E-state index in [1.165, 1.54) is 23.9 Å². The third-order valence-electron chi connectivity index (χ3n) is 4.78. The minimum atomic E-state index is -0.790. The normalized spacial score (nSPS) is 28.1. The lowest BCUT2D eigenvalue weighted by Gasteiger charge is -2.34. The van der Waals surface area contributed by atoms with E-state index in [1.54, 1.807) is 37.8 Å². The summed E-state index contributed by atoms with van der Waals surface area (Å²) in [4.78, 5) is 15.5. The molecular weight excluding hydrogens is 395 g/mol. The third-order valence-corrected chi connectivity index (χ3v) is 5.89. The Morgan fingerprint density at radius 1 is 1.24 bits per heavy atom. The van der Waals surface area contributed by atoms with Crippen molar-refractivity contribution >= 4 is 17.9 Å². The van der Waals surface area contributed by atoms with Crippen LogP contribution in [0.5, 0.6) is 0 Å². The van der Waals surface area contributed by atoms with Gasteiger partial charge in [0.25, 0.3) is 0 Å². The minimum Gasteiger partial charge on any atom is -0.444 e. The highest BCUT2D eigenvalue weighted by atomic mass is 32.2. The molecule has 158 valence electrons. The first-order valence-corrected chi connectivity index (χ1v) is 10.6. The Bertz CT molecular complexity index is 787. The molecule has 2 heterocycles. The maximum atomic E-state index is 13.2. The van der Waals surface area contributed by atoms with Gasteiger partial charge in [0.15, 0.2) is 5.79 Å². The van der Waals surface area contributed by atoms with Crippen LogP contribution < -0.4 is 0 Å². The Hall–Kier alpha value is -1.82. The molecule has 8 heteroatoms. The molecule has 0 radical (unpaired) electrons. The summed E-state index contributed by atoms with van der Waals surface area (Å²) >= 11 is 1.50. The quantitative estimate of drug-likeness (QED) is 0.672. The van der Waals surface area contributed by atoms with Gasteiger partial charge in [0, 0.05) is 10.6 Å². The molecule has 0 spiro atoms. The second-order valence-corrected chi connectivity index (χ2v) is 9.81. The number of carbonyl (C=O) groups is 1.